The first-order chi connectivity index (χ1) is 7.54. The third-order valence-corrected chi connectivity index (χ3v) is 3.60. The van der Waals surface area contributed by atoms with Crippen LogP contribution in [0.1, 0.15) is 36.3 Å². The number of nitrogens with one attached hydrogen (secondary N) is 1. The van der Waals surface area contributed by atoms with Crippen LogP contribution < -0.4 is 5.32 Å². The molecule has 0 saturated heterocycles. The topological polar surface area (TPSA) is 24.9 Å². The number of likely N-dealkylation sites (N-methyl/N-ethyl adjacent to an activating group) is 1. The summed E-state index contributed by atoms with van der Waals surface area (Å²) in [6.45, 7) is 12.8. The predicted molar refractivity (Wildman–Crippen MR) is 72.9 cm³/mol. The van der Waals surface area contributed by atoms with E-state index in [9.17, 15) is 0 Å². The predicted octanol–water partition coefficient (Wildman–Crippen LogP) is 3.41. The average molecular weight is 238 g/mol. The molecule has 0 spiro atoms. The number of nitrogens with zero attached hydrogens (tertiary/aromatic N) is 1. The number of thiazole rings is 1. The van der Waals surface area contributed by atoms with Crippen molar-refractivity contribution in [3.63, 3.8) is 0 Å². The molecule has 0 aliphatic carbocycles. The molecule has 0 fully saturated rings. The van der Waals surface area contributed by atoms with E-state index in [1.165, 1.54) is 10.5 Å². The quantitative estimate of drug-likeness (QED) is 0.850. The second-order valence-electron chi connectivity index (χ2n) is 4.34. The smallest absolute Gasteiger partial charge is 0.0903 e. The highest BCUT2D eigenvalue weighted by Crippen LogP contribution is 2.22. The van der Waals surface area contributed by atoms with Crippen molar-refractivity contribution in [1.29, 1.82) is 0 Å². The molecule has 0 saturated carbocycles. The van der Waals surface area contributed by atoms with Gasteiger partial charge in [-0.25, -0.2) is 4.98 Å². The summed E-state index contributed by atoms with van der Waals surface area (Å²) in [6, 6.07) is 0. The molecule has 2 nitrogen and oxygen atoms in total. The molecule has 0 bridgehead atoms. The molecule has 0 aromatic carbocycles. The third kappa shape index (κ3) is 3.72. The van der Waals surface area contributed by atoms with Crippen LogP contribution in [0.15, 0.2) is 5.57 Å². The van der Waals surface area contributed by atoms with Gasteiger partial charge in [-0.1, -0.05) is 26.3 Å². The number of rotatable bonds is 5. The van der Waals surface area contributed by atoms with Crippen molar-refractivity contribution in [2.24, 2.45) is 5.92 Å². The molecule has 0 aliphatic heterocycles. The molecule has 1 heterocycles. The van der Waals surface area contributed by atoms with E-state index in [0.717, 1.165) is 23.8 Å². The molecule has 90 valence electrons. The zero-order valence-corrected chi connectivity index (χ0v) is 11.7. The first-order valence-corrected chi connectivity index (χ1v) is 6.71. The number of hydrogen-bond donors (Lipinski definition) is 1. The Bertz CT molecular complexity index is 364. The first kappa shape index (κ1) is 13.4. The second-order valence-corrected chi connectivity index (χ2v) is 5.57. The zero-order chi connectivity index (χ0) is 12.1. The summed E-state index contributed by atoms with van der Waals surface area (Å²) in [4.78, 5) is 5.76. The van der Waals surface area contributed by atoms with E-state index >= 15 is 0 Å². The number of aromatic nitrogens is 1. The highest BCUT2D eigenvalue weighted by Gasteiger charge is 2.07. The van der Waals surface area contributed by atoms with Crippen LogP contribution in [0, 0.1) is 19.8 Å². The molecule has 0 radical (unpaired) electrons. The van der Waals surface area contributed by atoms with Gasteiger partial charge in [-0.05, 0) is 32.4 Å². The van der Waals surface area contributed by atoms with Gasteiger partial charge in [-0.15, -0.1) is 11.3 Å². The van der Waals surface area contributed by atoms with Crippen molar-refractivity contribution < 1.29 is 0 Å². The van der Waals surface area contributed by atoms with Crippen molar-refractivity contribution in [3.8, 4) is 0 Å². The highest BCUT2D eigenvalue weighted by molar-refractivity contribution is 7.12. The summed E-state index contributed by atoms with van der Waals surface area (Å²) in [7, 11) is 0. The largest absolute Gasteiger partial charge is 0.313 e. The lowest BCUT2D eigenvalue weighted by atomic mass is 10.0. The van der Waals surface area contributed by atoms with Crippen molar-refractivity contribution in [1.82, 2.24) is 10.3 Å². The van der Waals surface area contributed by atoms with E-state index in [1.54, 1.807) is 11.3 Å². The Labute approximate surface area is 103 Å². The normalized spacial score (nSPS) is 12.5. The Hall–Kier alpha value is -0.670. The molecule has 0 unspecified atom stereocenters. The molecule has 3 heteroatoms. The monoisotopic (exact) mass is 238 g/mol. The van der Waals surface area contributed by atoms with Crippen LogP contribution in [0.4, 0.5) is 0 Å². The van der Waals surface area contributed by atoms with Crippen LogP contribution in [0.5, 0.6) is 0 Å². The number of aryl methyl sites for hydroxylation is 2. The molecule has 1 aromatic rings. The maximum atomic E-state index is 4.46. The SMILES string of the molecule is CCNCC(=Cc1sc(C)nc1C)C(C)C. The molecular weight excluding hydrogens is 216 g/mol. The minimum atomic E-state index is 0.584. The molecule has 16 heavy (non-hydrogen) atoms. The molecule has 0 amide bonds. The van der Waals surface area contributed by atoms with Crippen LogP contribution in [-0.2, 0) is 0 Å². The summed E-state index contributed by atoms with van der Waals surface area (Å²) < 4.78 is 0. The standard InChI is InChI=1S/C13H22N2S/c1-6-14-8-12(9(2)3)7-13-10(4)15-11(5)16-13/h7,9,14H,6,8H2,1-5H3. The summed E-state index contributed by atoms with van der Waals surface area (Å²) in [6.07, 6.45) is 2.30. The van der Waals surface area contributed by atoms with Crippen molar-refractivity contribution in [2.45, 2.75) is 34.6 Å². The Balaban J connectivity index is 2.88. The molecular formula is C13H22N2S. The van der Waals surface area contributed by atoms with Gasteiger partial charge in [0.15, 0.2) is 0 Å². The fraction of sp³-hybridized carbons (Fsp3) is 0.615. The number of hydrogen-bond acceptors (Lipinski definition) is 3. The van der Waals surface area contributed by atoms with Crippen LogP contribution in [0.3, 0.4) is 0 Å². The minimum Gasteiger partial charge on any atom is -0.313 e. The van der Waals surface area contributed by atoms with Crippen LogP contribution >= 0.6 is 11.3 Å². The molecule has 1 N–H and O–H groups in total. The van der Waals surface area contributed by atoms with Crippen LogP contribution in [0.2, 0.25) is 0 Å². The van der Waals surface area contributed by atoms with Crippen molar-refractivity contribution in [2.75, 3.05) is 13.1 Å². The van der Waals surface area contributed by atoms with Gasteiger partial charge in [0.25, 0.3) is 0 Å². The van der Waals surface area contributed by atoms with E-state index in [2.05, 4.69) is 51.0 Å². The summed E-state index contributed by atoms with van der Waals surface area (Å²) in [5.41, 5.74) is 2.60. The Morgan fingerprint density at radius 1 is 1.44 bits per heavy atom. The van der Waals surface area contributed by atoms with Gasteiger partial charge in [0.05, 0.1) is 15.6 Å². The van der Waals surface area contributed by atoms with E-state index in [0.29, 0.717) is 5.92 Å². The van der Waals surface area contributed by atoms with Gasteiger partial charge in [-0.3, -0.25) is 0 Å². The van der Waals surface area contributed by atoms with E-state index in [1.807, 2.05) is 0 Å². The Morgan fingerprint density at radius 2 is 2.12 bits per heavy atom. The van der Waals surface area contributed by atoms with Crippen molar-refractivity contribution >= 4 is 17.4 Å². The maximum Gasteiger partial charge on any atom is 0.0903 e. The lowest BCUT2D eigenvalue weighted by molar-refractivity contribution is 0.683. The van der Waals surface area contributed by atoms with E-state index in [-0.39, 0.29) is 0 Å². The van der Waals surface area contributed by atoms with Gasteiger partial charge in [0, 0.05) is 6.54 Å². The van der Waals surface area contributed by atoms with Crippen LogP contribution in [0.25, 0.3) is 6.08 Å². The third-order valence-electron chi connectivity index (χ3n) is 2.58. The Morgan fingerprint density at radius 3 is 2.56 bits per heavy atom. The summed E-state index contributed by atoms with van der Waals surface area (Å²) in [5.74, 6) is 0.584. The summed E-state index contributed by atoms with van der Waals surface area (Å²) in [5, 5.41) is 4.54. The average Bonchev–Trinajstić information content (AvgIpc) is 2.51. The fourth-order valence-electron chi connectivity index (χ4n) is 1.54. The van der Waals surface area contributed by atoms with Gasteiger partial charge in [0.2, 0.25) is 0 Å². The lowest BCUT2D eigenvalue weighted by Gasteiger charge is -2.11. The first-order valence-electron chi connectivity index (χ1n) is 5.89. The second kappa shape index (κ2) is 6.16. The van der Waals surface area contributed by atoms with E-state index in [4.69, 9.17) is 0 Å². The summed E-state index contributed by atoms with van der Waals surface area (Å²) >= 11 is 1.78. The van der Waals surface area contributed by atoms with Crippen LogP contribution in [-0.4, -0.2) is 18.1 Å². The fourth-order valence-corrected chi connectivity index (χ4v) is 2.45. The zero-order valence-electron chi connectivity index (χ0n) is 10.9. The van der Waals surface area contributed by atoms with Gasteiger partial charge >= 0.3 is 0 Å². The van der Waals surface area contributed by atoms with Gasteiger partial charge in [-0.2, -0.15) is 0 Å². The van der Waals surface area contributed by atoms with Gasteiger partial charge < -0.3 is 5.32 Å². The lowest BCUT2D eigenvalue weighted by Crippen LogP contribution is -2.18. The molecule has 0 atom stereocenters. The van der Waals surface area contributed by atoms with Crippen molar-refractivity contribution in [3.05, 3.63) is 21.2 Å². The Kier molecular flexibility index (Phi) is 5.16. The molecule has 1 aromatic heterocycles. The molecule has 1 rings (SSSR count). The van der Waals surface area contributed by atoms with Gasteiger partial charge in [0.1, 0.15) is 0 Å². The maximum absolute atomic E-state index is 4.46. The molecule has 0 aliphatic rings. The van der Waals surface area contributed by atoms with E-state index < -0.39 is 0 Å². The highest BCUT2D eigenvalue weighted by atomic mass is 32.1. The minimum absolute atomic E-state index is 0.584.